The number of rotatable bonds is 60. The van der Waals surface area contributed by atoms with Gasteiger partial charge in [0.25, 0.3) is 0 Å². The Kier molecular flexibility index (Phi) is 61.7. The number of carbonyl (C=O) groups is 3. The summed E-state index contributed by atoms with van der Waals surface area (Å²) in [5, 5.41) is 0. The molecule has 0 aromatic heterocycles. The van der Waals surface area contributed by atoms with Crippen molar-refractivity contribution in [3.63, 3.8) is 0 Å². The fourth-order valence-electron chi connectivity index (χ4n) is 9.53. The molecule has 0 saturated heterocycles. The van der Waals surface area contributed by atoms with Crippen LogP contribution in [0, 0.1) is 0 Å². The summed E-state index contributed by atoms with van der Waals surface area (Å²) in [5.41, 5.74) is 0. The van der Waals surface area contributed by atoms with Gasteiger partial charge >= 0.3 is 17.9 Å². The SMILES string of the molecule is CC/C=C\C/C=C\C/C=C\C/C=C\CCCCCCCCCCCCC(=O)OCC(COC(=O)CCCCCCCCC/C=C\C/C=C\CCCCC)OC(=O)CCCCCCCCCCCCCCCCCCCC. The van der Waals surface area contributed by atoms with Crippen molar-refractivity contribution in [1.29, 1.82) is 0 Å². The van der Waals surface area contributed by atoms with Gasteiger partial charge in [0.15, 0.2) is 6.10 Å². The normalized spacial score (nSPS) is 12.5. The summed E-state index contributed by atoms with van der Waals surface area (Å²) in [6.45, 7) is 6.54. The van der Waals surface area contributed by atoms with Crippen molar-refractivity contribution in [2.75, 3.05) is 13.2 Å². The van der Waals surface area contributed by atoms with Gasteiger partial charge in [-0.05, 0) is 89.9 Å². The molecule has 76 heavy (non-hydrogen) atoms. The molecule has 0 aliphatic rings. The number of unbranched alkanes of at least 4 members (excludes halogenated alkanes) is 37. The molecule has 0 N–H and O–H groups in total. The monoisotopic (exact) mass is 1060 g/mol. The van der Waals surface area contributed by atoms with Crippen molar-refractivity contribution in [3.05, 3.63) is 72.9 Å². The van der Waals surface area contributed by atoms with Gasteiger partial charge in [0.1, 0.15) is 13.2 Å². The molecule has 6 heteroatoms. The van der Waals surface area contributed by atoms with Crippen LogP contribution in [-0.4, -0.2) is 37.2 Å². The molecule has 0 fully saturated rings. The van der Waals surface area contributed by atoms with E-state index in [1.807, 2.05) is 0 Å². The molecular formula is C70H124O6. The minimum atomic E-state index is -0.780. The van der Waals surface area contributed by atoms with Gasteiger partial charge in [0, 0.05) is 19.3 Å². The lowest BCUT2D eigenvalue weighted by Crippen LogP contribution is -2.30. The molecule has 0 bridgehead atoms. The summed E-state index contributed by atoms with van der Waals surface area (Å²) in [4.78, 5) is 38.4. The first-order valence-corrected chi connectivity index (χ1v) is 32.9. The molecule has 0 radical (unpaired) electrons. The van der Waals surface area contributed by atoms with Crippen molar-refractivity contribution in [2.45, 2.75) is 341 Å². The van der Waals surface area contributed by atoms with E-state index in [-0.39, 0.29) is 31.1 Å². The maximum absolute atomic E-state index is 12.9. The highest BCUT2D eigenvalue weighted by atomic mass is 16.6. The summed E-state index contributed by atoms with van der Waals surface area (Å²) in [7, 11) is 0. The molecule has 0 amide bonds. The van der Waals surface area contributed by atoms with Gasteiger partial charge in [0.05, 0.1) is 0 Å². The smallest absolute Gasteiger partial charge is 0.306 e. The van der Waals surface area contributed by atoms with Crippen molar-refractivity contribution < 1.29 is 28.6 Å². The average molecular weight is 1060 g/mol. The Labute approximate surface area is 472 Å². The largest absolute Gasteiger partial charge is 0.462 e. The second kappa shape index (κ2) is 64.4. The second-order valence-corrected chi connectivity index (χ2v) is 22.0. The first-order valence-electron chi connectivity index (χ1n) is 32.9. The highest BCUT2D eigenvalue weighted by Crippen LogP contribution is 2.17. The molecule has 0 aromatic carbocycles. The first-order chi connectivity index (χ1) is 37.5. The molecule has 0 rings (SSSR count). The number of ether oxygens (including phenoxy) is 3. The Morgan fingerprint density at radius 3 is 0.829 bits per heavy atom. The Bertz CT molecular complexity index is 1400. The lowest BCUT2D eigenvalue weighted by molar-refractivity contribution is -0.167. The highest BCUT2D eigenvalue weighted by molar-refractivity contribution is 5.71. The van der Waals surface area contributed by atoms with E-state index in [4.69, 9.17) is 14.2 Å². The minimum absolute atomic E-state index is 0.0770. The van der Waals surface area contributed by atoms with E-state index < -0.39 is 6.10 Å². The quantitative estimate of drug-likeness (QED) is 0.0261. The van der Waals surface area contributed by atoms with E-state index in [0.29, 0.717) is 19.3 Å². The molecule has 0 aliphatic heterocycles. The van der Waals surface area contributed by atoms with Gasteiger partial charge in [-0.25, -0.2) is 0 Å². The zero-order chi connectivity index (χ0) is 55.0. The van der Waals surface area contributed by atoms with E-state index in [9.17, 15) is 14.4 Å². The highest BCUT2D eigenvalue weighted by Gasteiger charge is 2.19. The molecule has 1 atom stereocenters. The van der Waals surface area contributed by atoms with Crippen molar-refractivity contribution in [3.8, 4) is 0 Å². The number of allylic oxidation sites excluding steroid dienone is 12. The summed E-state index contributed by atoms with van der Waals surface area (Å²) < 4.78 is 17.0. The zero-order valence-corrected chi connectivity index (χ0v) is 50.5. The van der Waals surface area contributed by atoms with Crippen LogP contribution in [0.4, 0.5) is 0 Å². The molecule has 0 spiro atoms. The van der Waals surface area contributed by atoms with Crippen molar-refractivity contribution >= 4 is 17.9 Å². The third kappa shape index (κ3) is 61.7. The maximum Gasteiger partial charge on any atom is 0.306 e. The molecule has 0 aliphatic carbocycles. The summed E-state index contributed by atoms with van der Waals surface area (Å²) in [5.74, 6) is -0.869. The summed E-state index contributed by atoms with van der Waals surface area (Å²) >= 11 is 0. The molecule has 6 nitrogen and oxygen atoms in total. The van der Waals surface area contributed by atoms with Gasteiger partial charge in [-0.3, -0.25) is 14.4 Å². The fraction of sp³-hybridized carbons (Fsp3) is 0.786. The Balaban J connectivity index is 4.35. The average Bonchev–Trinajstić information content (AvgIpc) is 3.42. The topological polar surface area (TPSA) is 78.9 Å². The van der Waals surface area contributed by atoms with E-state index in [1.54, 1.807) is 0 Å². The van der Waals surface area contributed by atoms with Crippen LogP contribution in [0.5, 0.6) is 0 Å². The molecule has 0 aromatic rings. The zero-order valence-electron chi connectivity index (χ0n) is 50.5. The van der Waals surface area contributed by atoms with Crippen LogP contribution in [0.2, 0.25) is 0 Å². The van der Waals surface area contributed by atoms with Crippen LogP contribution in [0.15, 0.2) is 72.9 Å². The molecular weight excluding hydrogens is 937 g/mol. The maximum atomic E-state index is 12.9. The van der Waals surface area contributed by atoms with E-state index in [1.165, 1.54) is 199 Å². The fourth-order valence-corrected chi connectivity index (χ4v) is 9.53. The minimum Gasteiger partial charge on any atom is -0.462 e. The molecule has 1 unspecified atom stereocenters. The third-order valence-electron chi connectivity index (χ3n) is 14.4. The van der Waals surface area contributed by atoms with Gasteiger partial charge < -0.3 is 14.2 Å². The van der Waals surface area contributed by atoms with E-state index >= 15 is 0 Å². The van der Waals surface area contributed by atoms with Crippen molar-refractivity contribution in [2.24, 2.45) is 0 Å². The van der Waals surface area contributed by atoms with Gasteiger partial charge in [-0.1, -0.05) is 299 Å². The number of hydrogen-bond acceptors (Lipinski definition) is 6. The van der Waals surface area contributed by atoms with Crippen LogP contribution in [0.3, 0.4) is 0 Å². The molecule has 0 saturated carbocycles. The lowest BCUT2D eigenvalue weighted by atomic mass is 10.0. The van der Waals surface area contributed by atoms with Gasteiger partial charge in [0.2, 0.25) is 0 Å². The number of carbonyl (C=O) groups excluding carboxylic acids is 3. The summed E-state index contributed by atoms with van der Waals surface area (Å²) in [6, 6.07) is 0. The van der Waals surface area contributed by atoms with E-state index in [2.05, 4.69) is 93.7 Å². The van der Waals surface area contributed by atoms with Crippen LogP contribution in [0.25, 0.3) is 0 Å². The standard InChI is InChI=1S/C70H124O6/c1-4-7-10-13-16-19-22-25-28-31-33-34-35-36-37-40-42-45-48-51-54-57-60-63-69(72)75-66-67(65-74-68(71)62-59-56-53-50-47-44-41-38-30-27-24-21-18-15-12-9-6-3)76-70(73)64-61-58-55-52-49-46-43-39-32-29-26-23-20-17-14-11-8-5-2/h7,10,16,18-19,21,25,27-28,30,33-34,67H,4-6,8-9,11-15,17,20,22-24,26,29,31-32,35-66H2,1-3H3/b10-7-,19-16-,21-18-,28-25-,30-27-,34-33-. The lowest BCUT2D eigenvalue weighted by Gasteiger charge is -2.18. The van der Waals surface area contributed by atoms with Gasteiger partial charge in [-0.15, -0.1) is 0 Å². The van der Waals surface area contributed by atoms with Crippen LogP contribution >= 0.6 is 0 Å². The van der Waals surface area contributed by atoms with Crippen molar-refractivity contribution in [1.82, 2.24) is 0 Å². The Morgan fingerprint density at radius 1 is 0.276 bits per heavy atom. The number of hydrogen-bond donors (Lipinski definition) is 0. The number of esters is 3. The van der Waals surface area contributed by atoms with E-state index in [0.717, 1.165) is 96.3 Å². The second-order valence-electron chi connectivity index (χ2n) is 22.0. The molecule has 0 heterocycles. The Hall–Kier alpha value is -3.15. The van der Waals surface area contributed by atoms with Crippen LogP contribution in [0.1, 0.15) is 335 Å². The third-order valence-corrected chi connectivity index (χ3v) is 14.4. The first kappa shape index (κ1) is 72.8. The predicted molar refractivity (Wildman–Crippen MR) is 330 cm³/mol. The van der Waals surface area contributed by atoms with Crippen LogP contribution in [-0.2, 0) is 28.6 Å². The predicted octanol–water partition coefficient (Wildman–Crippen LogP) is 22.5. The molecule has 440 valence electrons. The Morgan fingerprint density at radius 2 is 0.513 bits per heavy atom. The van der Waals surface area contributed by atoms with Crippen LogP contribution < -0.4 is 0 Å². The summed E-state index contributed by atoms with van der Waals surface area (Å²) in [6.07, 6.45) is 83.3. The van der Waals surface area contributed by atoms with Gasteiger partial charge in [-0.2, -0.15) is 0 Å².